The molecule has 2 N–H and O–H groups in total. The Morgan fingerprint density at radius 2 is 1.65 bits per heavy atom. The summed E-state index contributed by atoms with van der Waals surface area (Å²) in [6, 6.07) is 13.6. The Morgan fingerprint density at radius 1 is 1.00 bits per heavy atom. The largest absolute Gasteiger partial charge is 0.478 e. The van der Waals surface area contributed by atoms with Crippen LogP contribution in [0.15, 0.2) is 48.5 Å². The van der Waals surface area contributed by atoms with Crippen molar-refractivity contribution in [3.05, 3.63) is 65.2 Å². The molecular weight excluding hydrogens is 332 g/mol. The van der Waals surface area contributed by atoms with Crippen LogP contribution in [0.25, 0.3) is 0 Å². The first-order chi connectivity index (χ1) is 12.5. The van der Waals surface area contributed by atoms with Crippen LogP contribution < -0.4 is 10.2 Å². The molecule has 0 aromatic heterocycles. The Labute approximate surface area is 151 Å². The van der Waals surface area contributed by atoms with Gasteiger partial charge in [0, 0.05) is 30.8 Å². The number of carboxylic acid groups (broad SMARTS) is 1. The molecule has 2 aromatic rings. The molecule has 0 radical (unpaired) electrons. The number of nitrogens with zero attached hydrogens (tertiary/aromatic N) is 1. The van der Waals surface area contributed by atoms with Crippen molar-refractivity contribution in [1.82, 2.24) is 5.32 Å². The summed E-state index contributed by atoms with van der Waals surface area (Å²) >= 11 is 0. The minimum absolute atomic E-state index is 0.121. The van der Waals surface area contributed by atoms with Crippen LogP contribution in [0.3, 0.4) is 0 Å². The van der Waals surface area contributed by atoms with Crippen molar-refractivity contribution in [2.45, 2.75) is 19.3 Å². The Balaban J connectivity index is 1.51. The van der Waals surface area contributed by atoms with Crippen LogP contribution in [0, 0.1) is 0 Å². The summed E-state index contributed by atoms with van der Waals surface area (Å²) in [7, 11) is 0. The fourth-order valence-corrected chi connectivity index (χ4v) is 2.95. The third-order valence-corrected chi connectivity index (χ3v) is 4.41. The second-order valence-electron chi connectivity index (χ2n) is 6.20. The number of nitrogens with one attached hydrogen (secondary N) is 1. The number of carbonyl (C=O) groups excluding carboxylic acids is 2. The van der Waals surface area contributed by atoms with Crippen molar-refractivity contribution in [1.29, 1.82) is 0 Å². The van der Waals surface area contributed by atoms with Crippen LogP contribution in [-0.2, 0) is 11.2 Å². The van der Waals surface area contributed by atoms with Crippen molar-refractivity contribution in [2.24, 2.45) is 0 Å². The van der Waals surface area contributed by atoms with E-state index in [1.165, 1.54) is 0 Å². The Kier molecular flexibility index (Phi) is 5.31. The van der Waals surface area contributed by atoms with Gasteiger partial charge in [0.15, 0.2) is 0 Å². The van der Waals surface area contributed by atoms with Crippen molar-refractivity contribution >= 4 is 23.5 Å². The van der Waals surface area contributed by atoms with E-state index in [1.54, 1.807) is 53.4 Å². The van der Waals surface area contributed by atoms with E-state index < -0.39 is 5.97 Å². The maximum absolute atomic E-state index is 12.2. The molecule has 1 heterocycles. The van der Waals surface area contributed by atoms with Gasteiger partial charge in [-0.05, 0) is 54.8 Å². The van der Waals surface area contributed by atoms with E-state index in [1.807, 2.05) is 0 Å². The van der Waals surface area contributed by atoms with Gasteiger partial charge < -0.3 is 15.3 Å². The first-order valence-corrected chi connectivity index (χ1v) is 8.55. The smallest absolute Gasteiger partial charge is 0.335 e. The normalized spacial score (nSPS) is 13.7. The summed E-state index contributed by atoms with van der Waals surface area (Å²) in [4.78, 5) is 36.5. The molecule has 0 aliphatic carbocycles. The summed E-state index contributed by atoms with van der Waals surface area (Å²) in [5, 5.41) is 11.7. The van der Waals surface area contributed by atoms with E-state index in [0.717, 1.165) is 24.2 Å². The molecule has 0 unspecified atom stereocenters. The zero-order chi connectivity index (χ0) is 18.5. The van der Waals surface area contributed by atoms with Crippen molar-refractivity contribution in [3.63, 3.8) is 0 Å². The second-order valence-corrected chi connectivity index (χ2v) is 6.20. The van der Waals surface area contributed by atoms with E-state index in [-0.39, 0.29) is 17.4 Å². The third-order valence-electron chi connectivity index (χ3n) is 4.41. The number of anilines is 1. The summed E-state index contributed by atoms with van der Waals surface area (Å²) in [6.45, 7) is 1.18. The van der Waals surface area contributed by atoms with E-state index >= 15 is 0 Å². The lowest BCUT2D eigenvalue weighted by Gasteiger charge is -2.15. The lowest BCUT2D eigenvalue weighted by molar-refractivity contribution is -0.117. The second kappa shape index (κ2) is 7.82. The predicted molar refractivity (Wildman–Crippen MR) is 97.5 cm³/mol. The highest BCUT2D eigenvalue weighted by atomic mass is 16.4. The molecule has 0 spiro atoms. The highest BCUT2D eigenvalue weighted by Gasteiger charge is 2.21. The van der Waals surface area contributed by atoms with Gasteiger partial charge in [0.1, 0.15) is 0 Å². The van der Waals surface area contributed by atoms with Gasteiger partial charge in [0.05, 0.1) is 5.56 Å². The zero-order valence-corrected chi connectivity index (χ0v) is 14.3. The molecule has 3 rings (SSSR count). The van der Waals surface area contributed by atoms with Crippen LogP contribution >= 0.6 is 0 Å². The van der Waals surface area contributed by atoms with Gasteiger partial charge in [-0.2, -0.15) is 0 Å². The molecule has 2 amide bonds. The number of hydrogen-bond acceptors (Lipinski definition) is 3. The number of rotatable bonds is 6. The fraction of sp³-hybridized carbons (Fsp3) is 0.250. The molecule has 0 bridgehead atoms. The molecule has 1 saturated heterocycles. The summed E-state index contributed by atoms with van der Waals surface area (Å²) in [5.41, 5.74) is 2.57. The molecular formula is C20H20N2O4. The Hall–Kier alpha value is -3.15. The van der Waals surface area contributed by atoms with Crippen LogP contribution in [-0.4, -0.2) is 36.0 Å². The molecule has 6 nitrogen and oxygen atoms in total. The lowest BCUT2D eigenvalue weighted by Crippen LogP contribution is -2.26. The first kappa shape index (κ1) is 17.7. The molecule has 2 aromatic carbocycles. The number of carbonyl (C=O) groups is 3. The van der Waals surface area contributed by atoms with Crippen molar-refractivity contribution < 1.29 is 19.5 Å². The molecule has 134 valence electrons. The van der Waals surface area contributed by atoms with Crippen molar-refractivity contribution in [2.75, 3.05) is 18.0 Å². The SMILES string of the molecule is O=C(O)c1ccc(CCNC(=O)c2ccc(N3CCCC3=O)cc2)cc1. The summed E-state index contributed by atoms with van der Waals surface area (Å²) in [6.07, 6.45) is 2.07. The molecule has 6 heteroatoms. The maximum Gasteiger partial charge on any atom is 0.335 e. The quantitative estimate of drug-likeness (QED) is 0.836. The van der Waals surface area contributed by atoms with Gasteiger partial charge in [-0.25, -0.2) is 4.79 Å². The number of benzene rings is 2. The highest BCUT2D eigenvalue weighted by Crippen LogP contribution is 2.21. The van der Waals surface area contributed by atoms with Crippen LogP contribution in [0.5, 0.6) is 0 Å². The molecule has 26 heavy (non-hydrogen) atoms. The first-order valence-electron chi connectivity index (χ1n) is 8.55. The predicted octanol–water partition coefficient (Wildman–Crippen LogP) is 2.48. The Bertz CT molecular complexity index is 813. The fourth-order valence-electron chi connectivity index (χ4n) is 2.95. The number of aromatic carboxylic acids is 1. The molecule has 1 aliphatic rings. The minimum Gasteiger partial charge on any atom is -0.478 e. The number of hydrogen-bond donors (Lipinski definition) is 2. The van der Waals surface area contributed by atoms with Gasteiger partial charge in [-0.1, -0.05) is 12.1 Å². The molecule has 1 fully saturated rings. The molecule has 0 atom stereocenters. The maximum atomic E-state index is 12.2. The van der Waals surface area contributed by atoms with Gasteiger partial charge in [0.2, 0.25) is 5.91 Å². The van der Waals surface area contributed by atoms with Gasteiger partial charge in [-0.15, -0.1) is 0 Å². The van der Waals surface area contributed by atoms with Crippen LogP contribution in [0.1, 0.15) is 39.1 Å². The standard InChI is InChI=1S/C20H20N2O4/c23-18-2-1-13-22(18)17-9-7-15(8-10-17)19(24)21-12-11-14-3-5-16(6-4-14)20(25)26/h3-10H,1-2,11-13H2,(H,21,24)(H,25,26). The van der Waals surface area contributed by atoms with Gasteiger partial charge >= 0.3 is 5.97 Å². The third kappa shape index (κ3) is 4.08. The topological polar surface area (TPSA) is 86.7 Å². The zero-order valence-electron chi connectivity index (χ0n) is 14.3. The monoisotopic (exact) mass is 352 g/mol. The molecule has 0 saturated carbocycles. The lowest BCUT2D eigenvalue weighted by atomic mass is 10.1. The average Bonchev–Trinajstić information content (AvgIpc) is 3.08. The van der Waals surface area contributed by atoms with E-state index in [4.69, 9.17) is 5.11 Å². The molecule has 1 aliphatic heterocycles. The van der Waals surface area contributed by atoms with Crippen LogP contribution in [0.2, 0.25) is 0 Å². The summed E-state index contributed by atoms with van der Waals surface area (Å²) < 4.78 is 0. The van der Waals surface area contributed by atoms with E-state index in [9.17, 15) is 14.4 Å². The van der Waals surface area contributed by atoms with E-state index in [2.05, 4.69) is 5.32 Å². The number of amides is 2. The highest BCUT2D eigenvalue weighted by molar-refractivity contribution is 5.97. The average molecular weight is 352 g/mol. The number of carboxylic acids is 1. The van der Waals surface area contributed by atoms with Crippen molar-refractivity contribution in [3.8, 4) is 0 Å². The summed E-state index contributed by atoms with van der Waals surface area (Å²) in [5.74, 6) is -1.01. The minimum atomic E-state index is -0.955. The van der Waals surface area contributed by atoms with Crippen LogP contribution in [0.4, 0.5) is 5.69 Å². The Morgan fingerprint density at radius 3 is 2.23 bits per heavy atom. The van der Waals surface area contributed by atoms with Gasteiger partial charge in [-0.3, -0.25) is 9.59 Å². The van der Waals surface area contributed by atoms with Gasteiger partial charge in [0.25, 0.3) is 5.91 Å². The van der Waals surface area contributed by atoms with E-state index in [0.29, 0.717) is 24.9 Å².